The summed E-state index contributed by atoms with van der Waals surface area (Å²) in [6.07, 6.45) is 4.06. The van der Waals surface area contributed by atoms with Crippen LogP contribution in [0.2, 0.25) is 0 Å². The molecule has 0 unspecified atom stereocenters. The highest BCUT2D eigenvalue weighted by atomic mass is 32.2. The fraction of sp³-hybridized carbons (Fsp3) is 0.316. The summed E-state index contributed by atoms with van der Waals surface area (Å²) in [5.41, 5.74) is 1.76. The number of carbonyl (C=O) groups is 1. The number of nitrogens with one attached hydrogen (secondary N) is 1. The molecule has 0 spiro atoms. The molecule has 0 atom stereocenters. The second-order valence-corrected chi connectivity index (χ2v) is 7.30. The largest absolute Gasteiger partial charge is 0.377 e. The van der Waals surface area contributed by atoms with Gasteiger partial charge in [-0.15, -0.1) is 11.8 Å². The van der Waals surface area contributed by atoms with E-state index in [0.29, 0.717) is 23.8 Å². The van der Waals surface area contributed by atoms with E-state index in [1.807, 2.05) is 30.5 Å². The average molecular weight is 371 g/mol. The highest BCUT2D eigenvalue weighted by Gasteiger charge is 2.26. The lowest BCUT2D eigenvalue weighted by atomic mass is 10.1. The fourth-order valence-electron chi connectivity index (χ4n) is 2.68. The van der Waals surface area contributed by atoms with Crippen molar-refractivity contribution in [1.82, 2.24) is 4.90 Å². The van der Waals surface area contributed by atoms with Gasteiger partial charge in [-0.1, -0.05) is 12.1 Å². The van der Waals surface area contributed by atoms with E-state index in [1.165, 1.54) is 6.07 Å². The maximum atomic E-state index is 12.7. The molecule has 2 aromatic rings. The Morgan fingerprint density at radius 3 is 2.54 bits per heavy atom. The highest BCUT2D eigenvalue weighted by Crippen LogP contribution is 2.31. The monoisotopic (exact) mass is 371 g/mol. The molecular weight excluding hydrogens is 350 g/mol. The van der Waals surface area contributed by atoms with Crippen molar-refractivity contribution in [3.63, 3.8) is 0 Å². The minimum absolute atomic E-state index is 0.0551. The van der Waals surface area contributed by atoms with Gasteiger partial charge >= 0.3 is 0 Å². The first kappa shape index (κ1) is 18.3. The standard InChI is InChI=1S/C19H21N3O3S/c1-21(12-13-3-8-16(26-2)9-4-13)19(23)14-5-10-17(20-15-6-7-15)18(11-14)22(24)25/h3-5,8-11,15,20H,6-7,12H2,1-2H3. The van der Waals surface area contributed by atoms with Gasteiger partial charge in [-0.25, -0.2) is 0 Å². The Labute approximate surface area is 156 Å². The van der Waals surface area contributed by atoms with E-state index in [1.54, 1.807) is 35.8 Å². The van der Waals surface area contributed by atoms with Crippen LogP contribution in [0.4, 0.5) is 11.4 Å². The molecule has 3 rings (SSSR count). The first-order chi connectivity index (χ1) is 12.5. The smallest absolute Gasteiger partial charge is 0.293 e. The predicted molar refractivity (Wildman–Crippen MR) is 104 cm³/mol. The van der Waals surface area contributed by atoms with Gasteiger partial charge in [-0.2, -0.15) is 0 Å². The first-order valence-corrected chi connectivity index (χ1v) is 9.64. The normalized spacial score (nSPS) is 13.3. The number of carbonyl (C=O) groups excluding carboxylic acids is 1. The molecule has 1 N–H and O–H groups in total. The third-order valence-electron chi connectivity index (χ3n) is 4.30. The van der Waals surface area contributed by atoms with Crippen LogP contribution in [0, 0.1) is 10.1 Å². The Kier molecular flexibility index (Phi) is 5.46. The van der Waals surface area contributed by atoms with Crippen LogP contribution in [0.3, 0.4) is 0 Å². The van der Waals surface area contributed by atoms with Gasteiger partial charge in [0.1, 0.15) is 5.69 Å². The van der Waals surface area contributed by atoms with Gasteiger partial charge in [0, 0.05) is 36.2 Å². The molecule has 136 valence electrons. The first-order valence-electron chi connectivity index (χ1n) is 8.41. The molecule has 0 aliphatic heterocycles. The minimum Gasteiger partial charge on any atom is -0.377 e. The predicted octanol–water partition coefficient (Wildman–Crippen LogP) is 4.16. The summed E-state index contributed by atoms with van der Waals surface area (Å²) in [5.74, 6) is -0.236. The topological polar surface area (TPSA) is 75.5 Å². The van der Waals surface area contributed by atoms with Crippen molar-refractivity contribution in [3.05, 3.63) is 63.7 Å². The molecule has 1 fully saturated rings. The maximum Gasteiger partial charge on any atom is 0.293 e. The van der Waals surface area contributed by atoms with Crippen LogP contribution in [-0.2, 0) is 6.54 Å². The summed E-state index contributed by atoms with van der Waals surface area (Å²) in [4.78, 5) is 26.3. The number of nitro groups is 1. The second-order valence-electron chi connectivity index (χ2n) is 6.42. The number of anilines is 1. The van der Waals surface area contributed by atoms with Crippen LogP contribution in [0.25, 0.3) is 0 Å². The van der Waals surface area contributed by atoms with Gasteiger partial charge in [-0.05, 0) is 48.9 Å². The molecule has 26 heavy (non-hydrogen) atoms. The van der Waals surface area contributed by atoms with Gasteiger partial charge in [0.15, 0.2) is 0 Å². The van der Waals surface area contributed by atoms with Crippen molar-refractivity contribution in [2.24, 2.45) is 0 Å². The van der Waals surface area contributed by atoms with Crippen molar-refractivity contribution >= 4 is 29.0 Å². The molecule has 0 radical (unpaired) electrons. The van der Waals surface area contributed by atoms with E-state index in [4.69, 9.17) is 0 Å². The molecular formula is C19H21N3O3S. The van der Waals surface area contributed by atoms with Gasteiger partial charge in [0.05, 0.1) is 4.92 Å². The number of rotatable bonds is 7. The zero-order valence-corrected chi connectivity index (χ0v) is 15.6. The number of nitro benzene ring substituents is 1. The number of hydrogen-bond donors (Lipinski definition) is 1. The van der Waals surface area contributed by atoms with Crippen molar-refractivity contribution < 1.29 is 9.72 Å². The summed E-state index contributed by atoms with van der Waals surface area (Å²) in [5, 5.41) is 14.5. The van der Waals surface area contributed by atoms with E-state index in [2.05, 4.69) is 5.32 Å². The summed E-state index contributed by atoms with van der Waals surface area (Å²) >= 11 is 1.66. The van der Waals surface area contributed by atoms with Crippen LogP contribution in [0.15, 0.2) is 47.4 Å². The Morgan fingerprint density at radius 2 is 1.96 bits per heavy atom. The Bertz CT molecular complexity index is 819. The lowest BCUT2D eigenvalue weighted by Gasteiger charge is -2.18. The number of benzene rings is 2. The summed E-state index contributed by atoms with van der Waals surface area (Å²) < 4.78 is 0. The molecule has 1 amide bonds. The van der Waals surface area contributed by atoms with Crippen molar-refractivity contribution in [3.8, 4) is 0 Å². The van der Waals surface area contributed by atoms with E-state index in [-0.39, 0.29) is 11.6 Å². The molecule has 1 saturated carbocycles. The zero-order chi connectivity index (χ0) is 18.7. The van der Waals surface area contributed by atoms with Gasteiger partial charge < -0.3 is 10.2 Å². The van der Waals surface area contributed by atoms with E-state index in [0.717, 1.165) is 23.3 Å². The number of amides is 1. The maximum absolute atomic E-state index is 12.7. The van der Waals surface area contributed by atoms with Crippen molar-refractivity contribution in [1.29, 1.82) is 0 Å². The molecule has 0 heterocycles. The molecule has 7 heteroatoms. The van der Waals surface area contributed by atoms with Gasteiger partial charge in [-0.3, -0.25) is 14.9 Å². The third kappa shape index (κ3) is 4.35. The van der Waals surface area contributed by atoms with Crippen LogP contribution in [0.5, 0.6) is 0 Å². The summed E-state index contributed by atoms with van der Waals surface area (Å²) in [6.45, 7) is 0.448. The lowest BCUT2D eigenvalue weighted by Crippen LogP contribution is -2.26. The Hall–Kier alpha value is -2.54. The number of thioether (sulfide) groups is 1. The quantitative estimate of drug-likeness (QED) is 0.449. The molecule has 1 aliphatic carbocycles. The second kappa shape index (κ2) is 7.78. The molecule has 0 saturated heterocycles. The average Bonchev–Trinajstić information content (AvgIpc) is 3.46. The van der Waals surface area contributed by atoms with Crippen molar-refractivity contribution in [2.75, 3.05) is 18.6 Å². The Balaban J connectivity index is 1.74. The van der Waals surface area contributed by atoms with Crippen LogP contribution in [0.1, 0.15) is 28.8 Å². The zero-order valence-electron chi connectivity index (χ0n) is 14.8. The molecule has 2 aromatic carbocycles. The Morgan fingerprint density at radius 1 is 1.27 bits per heavy atom. The van der Waals surface area contributed by atoms with Crippen molar-refractivity contribution in [2.45, 2.75) is 30.3 Å². The van der Waals surface area contributed by atoms with E-state index in [9.17, 15) is 14.9 Å². The van der Waals surface area contributed by atoms with Crippen LogP contribution < -0.4 is 5.32 Å². The summed E-state index contributed by atoms with van der Waals surface area (Å²) in [6, 6.07) is 12.9. The molecule has 0 aromatic heterocycles. The molecule has 0 bridgehead atoms. The third-order valence-corrected chi connectivity index (χ3v) is 5.05. The SMILES string of the molecule is CSc1ccc(CN(C)C(=O)c2ccc(NC3CC3)c([N+](=O)[O-])c2)cc1. The number of hydrogen-bond acceptors (Lipinski definition) is 5. The van der Waals surface area contributed by atoms with Crippen LogP contribution >= 0.6 is 11.8 Å². The van der Waals surface area contributed by atoms with Crippen LogP contribution in [-0.4, -0.2) is 35.1 Å². The van der Waals surface area contributed by atoms with Gasteiger partial charge in [0.25, 0.3) is 11.6 Å². The molecule has 6 nitrogen and oxygen atoms in total. The van der Waals surface area contributed by atoms with E-state index < -0.39 is 4.92 Å². The molecule has 1 aliphatic rings. The minimum atomic E-state index is -0.442. The number of nitrogens with zero attached hydrogens (tertiary/aromatic N) is 2. The lowest BCUT2D eigenvalue weighted by molar-refractivity contribution is -0.384. The summed E-state index contributed by atoms with van der Waals surface area (Å²) in [7, 11) is 1.70. The fourth-order valence-corrected chi connectivity index (χ4v) is 3.09. The highest BCUT2D eigenvalue weighted by molar-refractivity contribution is 7.98. The van der Waals surface area contributed by atoms with E-state index >= 15 is 0 Å². The van der Waals surface area contributed by atoms with Gasteiger partial charge in [0.2, 0.25) is 0 Å².